The number of hydrogen-bond acceptors (Lipinski definition) is 5. The van der Waals surface area contributed by atoms with E-state index in [9.17, 15) is 18.0 Å². The Morgan fingerprint density at radius 3 is 2.29 bits per heavy atom. The predicted octanol–water partition coefficient (Wildman–Crippen LogP) is 3.17. The van der Waals surface area contributed by atoms with Gasteiger partial charge in [0.25, 0.3) is 0 Å². The van der Waals surface area contributed by atoms with Crippen molar-refractivity contribution in [2.24, 2.45) is 5.92 Å². The summed E-state index contributed by atoms with van der Waals surface area (Å²) in [5.41, 5.74) is 2.30. The molecule has 1 fully saturated rings. The van der Waals surface area contributed by atoms with E-state index in [-0.39, 0.29) is 22.5 Å². The third-order valence-corrected chi connectivity index (χ3v) is 7.87. The summed E-state index contributed by atoms with van der Waals surface area (Å²) in [5.74, 6) is -0.00770. The van der Waals surface area contributed by atoms with Gasteiger partial charge in [-0.25, -0.2) is 13.1 Å². The summed E-state index contributed by atoms with van der Waals surface area (Å²) in [4.78, 5) is 27.6. The molecule has 0 spiro atoms. The quantitative estimate of drug-likeness (QED) is 0.743. The Labute approximate surface area is 182 Å². The van der Waals surface area contributed by atoms with Crippen molar-refractivity contribution >= 4 is 33.1 Å². The van der Waals surface area contributed by atoms with Gasteiger partial charge in [-0.15, -0.1) is 0 Å². The number of carbonyl (C=O) groups excluding carboxylic acids is 2. The molecule has 2 aromatic rings. The van der Waals surface area contributed by atoms with Gasteiger partial charge in [-0.1, -0.05) is 24.6 Å². The molecule has 4 rings (SSSR count). The minimum Gasteiger partial charge on any atom is -0.381 e. The van der Waals surface area contributed by atoms with Crippen LogP contribution in [0.1, 0.15) is 33.1 Å². The van der Waals surface area contributed by atoms with E-state index in [0.717, 1.165) is 36.1 Å². The molecule has 1 heterocycles. The highest BCUT2D eigenvalue weighted by atomic mass is 32.2. The average molecular weight is 442 g/mol. The molecule has 0 aromatic heterocycles. The molecule has 31 heavy (non-hydrogen) atoms. The van der Waals surface area contributed by atoms with Crippen LogP contribution in [0.4, 0.5) is 11.4 Å². The Morgan fingerprint density at radius 1 is 1.10 bits per heavy atom. The average Bonchev–Trinajstić information content (AvgIpc) is 2.71. The molecule has 2 N–H and O–H groups in total. The minimum atomic E-state index is -3.49. The summed E-state index contributed by atoms with van der Waals surface area (Å²) >= 11 is 0. The first-order chi connectivity index (χ1) is 14.7. The molecule has 7 nitrogen and oxygen atoms in total. The molecule has 1 saturated carbocycles. The van der Waals surface area contributed by atoms with Gasteiger partial charge >= 0.3 is 0 Å². The SMILES string of the molecule is CNS(=O)(=O)c1ccc(-c2ccc3c(c2)NC[C@@](C)(C(=O)C2CCC2)N3C(C)=O)cc1. The van der Waals surface area contributed by atoms with Gasteiger partial charge in [0, 0.05) is 19.4 Å². The van der Waals surface area contributed by atoms with Crippen LogP contribution in [0.15, 0.2) is 47.4 Å². The van der Waals surface area contributed by atoms with Crippen LogP contribution in [0.5, 0.6) is 0 Å². The van der Waals surface area contributed by atoms with Crippen molar-refractivity contribution in [1.29, 1.82) is 0 Å². The zero-order valence-electron chi connectivity index (χ0n) is 17.9. The van der Waals surface area contributed by atoms with Gasteiger partial charge in [0.2, 0.25) is 15.9 Å². The number of nitrogens with one attached hydrogen (secondary N) is 2. The van der Waals surface area contributed by atoms with Gasteiger partial charge in [-0.3, -0.25) is 14.5 Å². The maximum atomic E-state index is 13.2. The number of amides is 1. The largest absolute Gasteiger partial charge is 0.381 e. The molecule has 0 unspecified atom stereocenters. The van der Waals surface area contributed by atoms with Crippen LogP contribution in [0.3, 0.4) is 0 Å². The topological polar surface area (TPSA) is 95.6 Å². The molecule has 0 saturated heterocycles. The van der Waals surface area contributed by atoms with Gasteiger partial charge in [-0.2, -0.15) is 0 Å². The number of nitrogens with zero attached hydrogens (tertiary/aromatic N) is 1. The van der Waals surface area contributed by atoms with E-state index in [1.54, 1.807) is 29.2 Å². The monoisotopic (exact) mass is 441 g/mol. The highest BCUT2D eigenvalue weighted by Crippen LogP contribution is 2.42. The molecular weight excluding hydrogens is 414 g/mol. The molecule has 0 bridgehead atoms. The summed E-state index contributed by atoms with van der Waals surface area (Å²) in [5, 5.41) is 3.36. The maximum absolute atomic E-state index is 13.2. The lowest BCUT2D eigenvalue weighted by molar-refractivity contribution is -0.132. The lowest BCUT2D eigenvalue weighted by Gasteiger charge is -2.47. The van der Waals surface area contributed by atoms with Gasteiger partial charge in [0.15, 0.2) is 5.78 Å². The number of fused-ring (bicyclic) bond motifs is 1. The van der Waals surface area contributed by atoms with Gasteiger partial charge in [0.05, 0.1) is 16.3 Å². The Hall–Kier alpha value is -2.71. The molecule has 1 aliphatic carbocycles. The van der Waals surface area contributed by atoms with E-state index in [2.05, 4.69) is 10.0 Å². The number of rotatable bonds is 5. The van der Waals surface area contributed by atoms with E-state index in [1.165, 1.54) is 14.0 Å². The first kappa shape index (κ1) is 21.5. The van der Waals surface area contributed by atoms with E-state index >= 15 is 0 Å². The summed E-state index contributed by atoms with van der Waals surface area (Å²) in [6.45, 7) is 3.70. The first-order valence-corrected chi connectivity index (χ1v) is 11.9. The van der Waals surface area contributed by atoms with Crippen LogP contribution < -0.4 is 14.9 Å². The fraction of sp³-hybridized carbons (Fsp3) is 0.391. The number of sulfonamides is 1. The summed E-state index contributed by atoms with van der Waals surface area (Å²) in [6.07, 6.45) is 2.85. The van der Waals surface area contributed by atoms with Crippen molar-refractivity contribution in [3.8, 4) is 11.1 Å². The van der Waals surface area contributed by atoms with E-state index in [0.29, 0.717) is 12.2 Å². The van der Waals surface area contributed by atoms with Crippen molar-refractivity contribution in [3.05, 3.63) is 42.5 Å². The molecule has 164 valence electrons. The second-order valence-corrected chi connectivity index (χ2v) is 10.3. The van der Waals surface area contributed by atoms with Crippen LogP contribution in [0.25, 0.3) is 11.1 Å². The van der Waals surface area contributed by atoms with E-state index < -0.39 is 15.6 Å². The zero-order chi connectivity index (χ0) is 22.4. The Bertz CT molecular complexity index is 1140. The number of anilines is 2. The standard InChI is InChI=1S/C23H27N3O4S/c1-15(27)26-21-12-9-18(16-7-10-19(11-8-16)31(29,30)24-3)13-20(21)25-14-23(26,2)22(28)17-5-4-6-17/h7-13,17,24-25H,4-6,14H2,1-3H3/t23-/m0/s1. The maximum Gasteiger partial charge on any atom is 0.240 e. The van der Waals surface area contributed by atoms with Gasteiger partial charge in [0.1, 0.15) is 5.54 Å². The molecule has 1 aliphatic heterocycles. The van der Waals surface area contributed by atoms with E-state index in [1.807, 2.05) is 25.1 Å². The van der Waals surface area contributed by atoms with Crippen LogP contribution in [-0.2, 0) is 19.6 Å². The van der Waals surface area contributed by atoms with Gasteiger partial charge < -0.3 is 5.32 Å². The molecule has 0 radical (unpaired) electrons. The molecule has 2 aliphatic rings. The molecule has 2 aromatic carbocycles. The highest BCUT2D eigenvalue weighted by Gasteiger charge is 2.48. The molecule has 1 amide bonds. The highest BCUT2D eigenvalue weighted by molar-refractivity contribution is 7.89. The Kier molecular flexibility index (Phi) is 5.39. The number of benzene rings is 2. The van der Waals surface area contributed by atoms with Crippen LogP contribution in [0.2, 0.25) is 0 Å². The molecule has 1 atom stereocenters. The van der Waals surface area contributed by atoms with Crippen LogP contribution in [0, 0.1) is 5.92 Å². The van der Waals surface area contributed by atoms with Crippen molar-refractivity contribution < 1.29 is 18.0 Å². The number of Topliss-reactive ketones (excluding diaryl/α,β-unsaturated/α-hetero) is 1. The normalized spacial score (nSPS) is 21.1. The fourth-order valence-electron chi connectivity index (χ4n) is 4.43. The predicted molar refractivity (Wildman–Crippen MR) is 121 cm³/mol. The minimum absolute atomic E-state index is 0.0295. The third-order valence-electron chi connectivity index (χ3n) is 6.44. The smallest absolute Gasteiger partial charge is 0.240 e. The lowest BCUT2D eigenvalue weighted by Crippen LogP contribution is -2.63. The van der Waals surface area contributed by atoms with Crippen LogP contribution >= 0.6 is 0 Å². The summed E-state index contributed by atoms with van der Waals surface area (Å²) in [7, 11) is -2.11. The van der Waals surface area contributed by atoms with Crippen molar-refractivity contribution in [2.75, 3.05) is 23.8 Å². The summed E-state index contributed by atoms with van der Waals surface area (Å²) in [6, 6.07) is 12.3. The van der Waals surface area contributed by atoms with E-state index in [4.69, 9.17) is 0 Å². The summed E-state index contributed by atoms with van der Waals surface area (Å²) < 4.78 is 26.2. The van der Waals surface area contributed by atoms with Crippen molar-refractivity contribution in [1.82, 2.24) is 4.72 Å². The second kappa shape index (κ2) is 7.76. The number of ketones is 1. The third kappa shape index (κ3) is 3.64. The first-order valence-electron chi connectivity index (χ1n) is 10.4. The van der Waals surface area contributed by atoms with Crippen molar-refractivity contribution in [2.45, 2.75) is 43.5 Å². The van der Waals surface area contributed by atoms with Crippen molar-refractivity contribution in [3.63, 3.8) is 0 Å². The fourth-order valence-corrected chi connectivity index (χ4v) is 5.16. The zero-order valence-corrected chi connectivity index (χ0v) is 18.8. The Morgan fingerprint density at radius 2 is 1.74 bits per heavy atom. The second-order valence-electron chi connectivity index (χ2n) is 8.44. The van der Waals surface area contributed by atoms with Gasteiger partial charge in [-0.05, 0) is 62.2 Å². The molecular formula is C23H27N3O4S. The number of hydrogen-bond donors (Lipinski definition) is 2. The lowest BCUT2D eigenvalue weighted by atomic mass is 9.73. The Balaban J connectivity index is 1.68. The number of carbonyl (C=O) groups is 2. The van der Waals surface area contributed by atoms with Crippen LogP contribution in [-0.4, -0.2) is 39.2 Å². The molecule has 8 heteroatoms.